The van der Waals surface area contributed by atoms with E-state index in [9.17, 15) is 4.79 Å². The third-order valence-corrected chi connectivity index (χ3v) is 6.92. The van der Waals surface area contributed by atoms with Gasteiger partial charge in [0.15, 0.2) is 12.1 Å². The zero-order valence-electron chi connectivity index (χ0n) is 21.1. The van der Waals surface area contributed by atoms with Crippen molar-refractivity contribution in [3.8, 4) is 5.75 Å². The Labute approximate surface area is 213 Å². The van der Waals surface area contributed by atoms with Crippen molar-refractivity contribution < 1.29 is 33.2 Å². The van der Waals surface area contributed by atoms with E-state index in [1.807, 2.05) is 54.6 Å². The molecular formula is C29H36O7. The Kier molecular flexibility index (Phi) is 9.29. The molecule has 194 valence electrons. The lowest BCUT2D eigenvalue weighted by atomic mass is 9.86. The Morgan fingerprint density at radius 3 is 2.50 bits per heavy atom. The van der Waals surface area contributed by atoms with Gasteiger partial charge in [-0.15, -0.1) is 0 Å². The number of benzene rings is 2. The number of carbonyl (C=O) groups excluding carboxylic acids is 1. The third-order valence-electron chi connectivity index (χ3n) is 6.92. The minimum atomic E-state index is -0.767. The van der Waals surface area contributed by atoms with Crippen molar-refractivity contribution in [1.29, 1.82) is 0 Å². The van der Waals surface area contributed by atoms with Crippen molar-refractivity contribution in [3.63, 3.8) is 0 Å². The molecule has 36 heavy (non-hydrogen) atoms. The van der Waals surface area contributed by atoms with Crippen LogP contribution in [0.4, 0.5) is 0 Å². The van der Waals surface area contributed by atoms with Crippen LogP contribution in [0.3, 0.4) is 0 Å². The highest BCUT2D eigenvalue weighted by Crippen LogP contribution is 2.41. The van der Waals surface area contributed by atoms with Crippen LogP contribution in [0.2, 0.25) is 0 Å². The van der Waals surface area contributed by atoms with E-state index in [-0.39, 0.29) is 6.10 Å². The molecule has 0 N–H and O–H groups in total. The van der Waals surface area contributed by atoms with Gasteiger partial charge in [-0.1, -0.05) is 49.0 Å². The predicted molar refractivity (Wildman–Crippen MR) is 135 cm³/mol. The highest BCUT2D eigenvalue weighted by Gasteiger charge is 2.50. The molecule has 2 saturated heterocycles. The SMILES string of the molecule is C=C1[C@@H](OCc2ccccc2)[C@@H]2O[C@@](CCCOCc3ccc(OC)cc3)(OC)CC[C@H]2O[C@@H]1C=O. The van der Waals surface area contributed by atoms with Crippen molar-refractivity contribution >= 4 is 6.29 Å². The van der Waals surface area contributed by atoms with Gasteiger partial charge >= 0.3 is 0 Å². The molecule has 2 aliphatic heterocycles. The second-order valence-electron chi connectivity index (χ2n) is 9.26. The van der Waals surface area contributed by atoms with Crippen LogP contribution in [0, 0.1) is 0 Å². The summed E-state index contributed by atoms with van der Waals surface area (Å²) in [5.74, 6) is 0.0600. The van der Waals surface area contributed by atoms with Gasteiger partial charge in [-0.2, -0.15) is 0 Å². The van der Waals surface area contributed by atoms with Gasteiger partial charge in [0.2, 0.25) is 0 Å². The van der Waals surface area contributed by atoms with Crippen molar-refractivity contribution in [3.05, 3.63) is 77.9 Å². The molecule has 2 aliphatic rings. The molecule has 0 saturated carbocycles. The molecule has 0 unspecified atom stereocenters. The van der Waals surface area contributed by atoms with Gasteiger partial charge < -0.3 is 33.2 Å². The molecule has 0 aliphatic carbocycles. The summed E-state index contributed by atoms with van der Waals surface area (Å²) in [6, 6.07) is 17.8. The van der Waals surface area contributed by atoms with Crippen molar-refractivity contribution in [2.24, 2.45) is 0 Å². The van der Waals surface area contributed by atoms with Crippen LogP contribution in [0.5, 0.6) is 5.75 Å². The van der Waals surface area contributed by atoms with E-state index in [4.69, 9.17) is 28.4 Å². The zero-order chi connectivity index (χ0) is 25.4. The average Bonchev–Trinajstić information content (AvgIpc) is 2.93. The van der Waals surface area contributed by atoms with Gasteiger partial charge in [0.05, 0.1) is 26.4 Å². The maximum atomic E-state index is 11.7. The van der Waals surface area contributed by atoms with Crippen molar-refractivity contribution in [2.75, 3.05) is 20.8 Å². The molecule has 4 rings (SSSR count). The first kappa shape index (κ1) is 26.5. The lowest BCUT2D eigenvalue weighted by Crippen LogP contribution is -2.59. The molecule has 0 amide bonds. The molecule has 2 heterocycles. The number of carbonyl (C=O) groups is 1. The Hall–Kier alpha value is -2.55. The molecule has 0 bridgehead atoms. The highest BCUT2D eigenvalue weighted by molar-refractivity contribution is 5.62. The normalized spacial score (nSPS) is 27.9. The summed E-state index contributed by atoms with van der Waals surface area (Å²) in [6.45, 7) is 5.63. The van der Waals surface area contributed by atoms with E-state index >= 15 is 0 Å². The highest BCUT2D eigenvalue weighted by atomic mass is 16.7. The van der Waals surface area contributed by atoms with Gasteiger partial charge in [-0.3, -0.25) is 0 Å². The quantitative estimate of drug-likeness (QED) is 0.241. The summed E-state index contributed by atoms with van der Waals surface area (Å²) in [7, 11) is 3.32. The number of aldehydes is 1. The fraction of sp³-hybridized carbons (Fsp3) is 0.483. The van der Waals surface area contributed by atoms with Crippen LogP contribution in [0.25, 0.3) is 0 Å². The van der Waals surface area contributed by atoms with Crippen molar-refractivity contribution in [2.45, 2.75) is 69.1 Å². The largest absolute Gasteiger partial charge is 0.497 e. The molecular weight excluding hydrogens is 460 g/mol. The van der Waals surface area contributed by atoms with Crippen LogP contribution in [-0.4, -0.2) is 57.3 Å². The lowest BCUT2D eigenvalue weighted by Gasteiger charge is -2.50. The summed E-state index contributed by atoms with van der Waals surface area (Å²) in [5.41, 5.74) is 2.71. The summed E-state index contributed by atoms with van der Waals surface area (Å²) in [6.07, 6.45) is 1.75. The van der Waals surface area contributed by atoms with Gasteiger partial charge in [0.1, 0.15) is 24.1 Å². The van der Waals surface area contributed by atoms with E-state index in [2.05, 4.69) is 6.58 Å². The number of methoxy groups -OCH3 is 2. The van der Waals surface area contributed by atoms with E-state index in [0.717, 1.165) is 29.6 Å². The van der Waals surface area contributed by atoms with Gasteiger partial charge in [-0.05, 0) is 41.7 Å². The van der Waals surface area contributed by atoms with E-state index in [1.54, 1.807) is 14.2 Å². The molecule has 0 radical (unpaired) electrons. The number of fused-ring (bicyclic) bond motifs is 1. The standard InChI is InChI=1S/C29H36O7/c1-21-26(18-30)35-25-14-16-29(32-3,15-7-17-33-19-23-10-12-24(31-2)13-11-23)36-28(25)27(21)34-20-22-8-5-4-6-9-22/h4-6,8-13,18,25-28H,1,7,14-17,19-20H2,2-3H3/t25-,26-,27-,28-,29-/m1/s1. The first-order valence-electron chi connectivity index (χ1n) is 12.5. The topological polar surface area (TPSA) is 72.5 Å². The van der Waals surface area contributed by atoms with E-state index < -0.39 is 24.1 Å². The molecule has 7 heteroatoms. The number of hydrogen-bond acceptors (Lipinski definition) is 7. The Morgan fingerprint density at radius 2 is 1.81 bits per heavy atom. The van der Waals surface area contributed by atoms with Crippen LogP contribution >= 0.6 is 0 Å². The fourth-order valence-electron chi connectivity index (χ4n) is 4.83. The molecule has 0 spiro atoms. The van der Waals surface area contributed by atoms with Crippen LogP contribution in [0.15, 0.2) is 66.7 Å². The molecule has 5 atom stereocenters. The number of rotatable bonds is 12. The second kappa shape index (κ2) is 12.6. The predicted octanol–water partition coefficient (Wildman–Crippen LogP) is 4.62. The Morgan fingerprint density at radius 1 is 1.06 bits per heavy atom. The minimum absolute atomic E-state index is 0.263. The van der Waals surface area contributed by atoms with Gasteiger partial charge in [0.25, 0.3) is 0 Å². The van der Waals surface area contributed by atoms with Crippen LogP contribution in [-0.2, 0) is 41.7 Å². The third kappa shape index (κ3) is 6.41. The average molecular weight is 497 g/mol. The summed E-state index contributed by atoms with van der Waals surface area (Å²) >= 11 is 0. The maximum Gasteiger partial charge on any atom is 0.168 e. The van der Waals surface area contributed by atoms with Gasteiger partial charge in [0, 0.05) is 26.6 Å². The Balaban J connectivity index is 1.34. The summed E-state index contributed by atoms with van der Waals surface area (Å²) < 4.78 is 35.9. The Bertz CT molecular complexity index is 977. The first-order valence-corrected chi connectivity index (χ1v) is 12.5. The minimum Gasteiger partial charge on any atom is -0.497 e. The summed E-state index contributed by atoms with van der Waals surface area (Å²) in [5, 5.41) is 0. The number of ether oxygens (including phenoxy) is 6. The monoisotopic (exact) mass is 496 g/mol. The van der Waals surface area contributed by atoms with Crippen molar-refractivity contribution in [1.82, 2.24) is 0 Å². The smallest absolute Gasteiger partial charge is 0.168 e. The van der Waals surface area contributed by atoms with E-state index in [0.29, 0.717) is 44.7 Å². The molecule has 7 nitrogen and oxygen atoms in total. The zero-order valence-corrected chi connectivity index (χ0v) is 21.1. The van der Waals surface area contributed by atoms with Gasteiger partial charge in [-0.25, -0.2) is 0 Å². The fourth-order valence-corrected chi connectivity index (χ4v) is 4.83. The van der Waals surface area contributed by atoms with Crippen LogP contribution in [0.1, 0.15) is 36.8 Å². The lowest BCUT2D eigenvalue weighted by molar-refractivity contribution is -0.322. The van der Waals surface area contributed by atoms with Crippen LogP contribution < -0.4 is 4.74 Å². The molecule has 2 aromatic carbocycles. The molecule has 2 fully saturated rings. The second-order valence-corrected chi connectivity index (χ2v) is 9.26. The maximum absolute atomic E-state index is 11.7. The summed E-state index contributed by atoms with van der Waals surface area (Å²) in [4.78, 5) is 11.7. The molecule has 2 aromatic rings. The first-order chi connectivity index (χ1) is 17.6. The van der Waals surface area contributed by atoms with E-state index in [1.165, 1.54) is 0 Å². The molecule has 0 aromatic heterocycles. The number of hydrogen-bond donors (Lipinski definition) is 0.